The minimum Gasteiger partial charge on any atom is -0.491 e. The van der Waals surface area contributed by atoms with Crippen molar-refractivity contribution < 1.29 is 9.13 Å². The molecule has 0 aliphatic rings. The molecule has 3 aromatic rings. The molecular weight excluding hydrogens is 293 g/mol. The molecule has 118 valence electrons. The minimum absolute atomic E-state index is 0.102. The van der Waals surface area contributed by atoms with Gasteiger partial charge in [-0.3, -0.25) is 0 Å². The fourth-order valence-electron chi connectivity index (χ4n) is 2.39. The molecule has 0 aliphatic heterocycles. The van der Waals surface area contributed by atoms with E-state index >= 15 is 0 Å². The third-order valence-corrected chi connectivity index (χ3v) is 3.40. The van der Waals surface area contributed by atoms with Crippen LogP contribution >= 0.6 is 0 Å². The van der Waals surface area contributed by atoms with Crippen molar-refractivity contribution in [3.8, 4) is 5.75 Å². The summed E-state index contributed by atoms with van der Waals surface area (Å²) in [7, 11) is 0. The molecule has 0 spiro atoms. The van der Waals surface area contributed by atoms with Crippen LogP contribution in [0, 0.1) is 5.82 Å². The molecule has 2 aromatic carbocycles. The van der Waals surface area contributed by atoms with Gasteiger partial charge in [0.05, 0.1) is 6.10 Å². The molecule has 0 unspecified atom stereocenters. The van der Waals surface area contributed by atoms with Crippen molar-refractivity contribution in [2.45, 2.75) is 26.5 Å². The van der Waals surface area contributed by atoms with Gasteiger partial charge in [0.25, 0.3) is 0 Å². The zero-order valence-electron chi connectivity index (χ0n) is 13.1. The Morgan fingerprint density at radius 3 is 2.74 bits per heavy atom. The predicted octanol–water partition coefficient (Wildman–Crippen LogP) is 4.17. The van der Waals surface area contributed by atoms with Gasteiger partial charge in [-0.15, -0.1) is 0 Å². The highest BCUT2D eigenvalue weighted by molar-refractivity contribution is 5.89. The molecular formula is C18H18FN3O. The summed E-state index contributed by atoms with van der Waals surface area (Å²) in [5.41, 5.74) is 1.33. The van der Waals surface area contributed by atoms with Gasteiger partial charge in [-0.05, 0) is 32.0 Å². The molecule has 4 nitrogen and oxygen atoms in total. The minimum atomic E-state index is -0.350. The van der Waals surface area contributed by atoms with Gasteiger partial charge in [0.2, 0.25) is 0 Å². The Balaban J connectivity index is 1.86. The normalized spacial score (nSPS) is 11.0. The van der Waals surface area contributed by atoms with Crippen LogP contribution in [0.15, 0.2) is 48.8 Å². The Labute approximate surface area is 134 Å². The lowest BCUT2D eigenvalue weighted by atomic mass is 10.2. The molecule has 23 heavy (non-hydrogen) atoms. The number of fused-ring (bicyclic) bond motifs is 1. The zero-order valence-corrected chi connectivity index (χ0v) is 13.1. The fourth-order valence-corrected chi connectivity index (χ4v) is 2.39. The second kappa shape index (κ2) is 6.60. The average molecular weight is 311 g/mol. The summed E-state index contributed by atoms with van der Waals surface area (Å²) >= 11 is 0. The Bertz CT molecular complexity index is 820. The number of halogens is 1. The highest BCUT2D eigenvalue weighted by Crippen LogP contribution is 2.24. The molecule has 0 fully saturated rings. The number of rotatable bonds is 5. The molecule has 0 amide bonds. The van der Waals surface area contributed by atoms with Crippen LogP contribution < -0.4 is 10.1 Å². The van der Waals surface area contributed by atoms with E-state index in [2.05, 4.69) is 15.3 Å². The van der Waals surface area contributed by atoms with E-state index < -0.39 is 0 Å². The Morgan fingerprint density at radius 2 is 1.91 bits per heavy atom. The topological polar surface area (TPSA) is 47.0 Å². The first-order valence-electron chi connectivity index (χ1n) is 7.53. The average Bonchev–Trinajstić information content (AvgIpc) is 2.54. The highest BCUT2D eigenvalue weighted by Gasteiger charge is 2.09. The van der Waals surface area contributed by atoms with E-state index in [0.29, 0.717) is 23.3 Å². The predicted molar refractivity (Wildman–Crippen MR) is 89.0 cm³/mol. The number of anilines is 1. The summed E-state index contributed by atoms with van der Waals surface area (Å²) in [6.07, 6.45) is 1.47. The van der Waals surface area contributed by atoms with Gasteiger partial charge in [0.1, 0.15) is 29.2 Å². The van der Waals surface area contributed by atoms with Crippen molar-refractivity contribution in [2.24, 2.45) is 0 Å². The van der Waals surface area contributed by atoms with Crippen LogP contribution in [0.4, 0.5) is 10.2 Å². The van der Waals surface area contributed by atoms with Crippen molar-refractivity contribution in [2.75, 3.05) is 5.32 Å². The Hall–Kier alpha value is -2.69. The second-order valence-electron chi connectivity index (χ2n) is 5.49. The zero-order chi connectivity index (χ0) is 16.2. The summed E-state index contributed by atoms with van der Waals surface area (Å²) < 4.78 is 19.6. The summed E-state index contributed by atoms with van der Waals surface area (Å²) in [5.74, 6) is 1.09. The Kier molecular flexibility index (Phi) is 4.37. The highest BCUT2D eigenvalue weighted by atomic mass is 19.1. The van der Waals surface area contributed by atoms with Crippen LogP contribution in [-0.2, 0) is 6.54 Å². The van der Waals surface area contributed by atoms with Gasteiger partial charge in [-0.1, -0.05) is 24.3 Å². The van der Waals surface area contributed by atoms with Gasteiger partial charge in [0.15, 0.2) is 0 Å². The number of nitrogens with zero attached hydrogens (tertiary/aromatic N) is 2. The quantitative estimate of drug-likeness (QED) is 0.768. The first-order chi connectivity index (χ1) is 11.1. The van der Waals surface area contributed by atoms with Gasteiger partial charge < -0.3 is 10.1 Å². The first-order valence-corrected chi connectivity index (χ1v) is 7.53. The van der Waals surface area contributed by atoms with Crippen LogP contribution in [0.3, 0.4) is 0 Å². The summed E-state index contributed by atoms with van der Waals surface area (Å²) in [4.78, 5) is 8.23. The van der Waals surface area contributed by atoms with Gasteiger partial charge in [-0.25, -0.2) is 14.4 Å². The van der Waals surface area contributed by atoms with E-state index in [1.807, 2.05) is 38.1 Å². The second-order valence-corrected chi connectivity index (χ2v) is 5.49. The molecule has 0 atom stereocenters. The van der Waals surface area contributed by atoms with Crippen molar-refractivity contribution in [1.29, 1.82) is 0 Å². The number of hydrogen-bond acceptors (Lipinski definition) is 4. The van der Waals surface area contributed by atoms with Crippen LogP contribution in [0.1, 0.15) is 19.4 Å². The van der Waals surface area contributed by atoms with Crippen molar-refractivity contribution in [3.63, 3.8) is 0 Å². The third-order valence-electron chi connectivity index (χ3n) is 3.40. The standard InChI is InChI=1S/C18H18FN3O/c1-12(2)23-16-9-4-3-6-13(16)10-20-18-14-7-5-8-15(19)17(14)21-11-22-18/h3-9,11-12H,10H2,1-2H3,(H,20,21,22). The molecule has 0 radical (unpaired) electrons. The maximum atomic E-state index is 13.8. The Morgan fingerprint density at radius 1 is 1.09 bits per heavy atom. The molecule has 3 rings (SSSR count). The van der Waals surface area contributed by atoms with E-state index in [4.69, 9.17) is 4.74 Å². The maximum Gasteiger partial charge on any atom is 0.149 e. The molecule has 0 aliphatic carbocycles. The monoisotopic (exact) mass is 311 g/mol. The lowest BCUT2D eigenvalue weighted by Gasteiger charge is -2.15. The molecule has 1 heterocycles. The number of nitrogens with one attached hydrogen (secondary N) is 1. The largest absolute Gasteiger partial charge is 0.491 e. The fraction of sp³-hybridized carbons (Fsp3) is 0.222. The summed E-state index contributed by atoms with van der Waals surface area (Å²) in [5, 5.41) is 3.91. The number of hydrogen-bond donors (Lipinski definition) is 1. The van der Waals surface area contributed by atoms with Crippen LogP contribution in [-0.4, -0.2) is 16.1 Å². The smallest absolute Gasteiger partial charge is 0.149 e. The number of para-hydroxylation sites is 2. The van der Waals surface area contributed by atoms with Gasteiger partial charge in [0, 0.05) is 17.5 Å². The number of benzene rings is 2. The number of ether oxygens (including phenoxy) is 1. The lowest BCUT2D eigenvalue weighted by Crippen LogP contribution is -2.09. The van der Waals surface area contributed by atoms with Gasteiger partial charge >= 0.3 is 0 Å². The van der Waals surface area contributed by atoms with E-state index in [1.54, 1.807) is 12.1 Å². The van der Waals surface area contributed by atoms with E-state index in [-0.39, 0.29) is 11.9 Å². The molecule has 0 saturated heterocycles. The lowest BCUT2D eigenvalue weighted by molar-refractivity contribution is 0.240. The first kappa shape index (κ1) is 15.2. The van der Waals surface area contributed by atoms with Gasteiger partial charge in [-0.2, -0.15) is 0 Å². The molecule has 1 N–H and O–H groups in total. The SMILES string of the molecule is CC(C)Oc1ccccc1CNc1ncnc2c(F)cccc12. The van der Waals surface area contributed by atoms with Crippen LogP contribution in [0.5, 0.6) is 5.75 Å². The third kappa shape index (κ3) is 3.39. The molecule has 5 heteroatoms. The summed E-state index contributed by atoms with van der Waals surface area (Å²) in [6, 6.07) is 12.7. The maximum absolute atomic E-state index is 13.8. The molecule has 1 aromatic heterocycles. The molecule has 0 bridgehead atoms. The van der Waals surface area contributed by atoms with Crippen molar-refractivity contribution in [3.05, 3.63) is 60.2 Å². The number of aromatic nitrogens is 2. The molecule has 0 saturated carbocycles. The van der Waals surface area contributed by atoms with Crippen molar-refractivity contribution in [1.82, 2.24) is 9.97 Å². The van der Waals surface area contributed by atoms with E-state index in [9.17, 15) is 4.39 Å². The van der Waals surface area contributed by atoms with Crippen molar-refractivity contribution >= 4 is 16.7 Å². The van der Waals surface area contributed by atoms with Crippen LogP contribution in [0.25, 0.3) is 10.9 Å². The van der Waals surface area contributed by atoms with E-state index in [1.165, 1.54) is 12.4 Å². The van der Waals surface area contributed by atoms with Crippen LogP contribution in [0.2, 0.25) is 0 Å². The summed E-state index contributed by atoms with van der Waals surface area (Å²) in [6.45, 7) is 4.52. The van der Waals surface area contributed by atoms with E-state index in [0.717, 1.165) is 11.3 Å².